The molecule has 22 aromatic rings. The number of hydrogen-bond acceptors (Lipinski definition) is 18. The predicted molar refractivity (Wildman–Crippen MR) is 574 cm³/mol. The molecule has 5 aromatic heterocycles. The molecule has 0 saturated heterocycles. The van der Waals surface area contributed by atoms with Gasteiger partial charge in [-0.25, -0.2) is 57.6 Å². The van der Waals surface area contributed by atoms with Gasteiger partial charge in [0.15, 0.2) is 0 Å². The van der Waals surface area contributed by atoms with E-state index in [1.807, 2.05) is 144 Å². The Morgan fingerprint density at radius 1 is 0.164 bits per heavy atom. The van der Waals surface area contributed by atoms with E-state index in [0.29, 0.717) is 11.4 Å². The van der Waals surface area contributed by atoms with E-state index in [-0.39, 0.29) is 40.2 Å². The Morgan fingerprint density at radius 2 is 0.349 bits per heavy atom. The second-order valence-electron chi connectivity index (χ2n) is 35.0. The molecule has 0 fully saturated rings. The van der Waals surface area contributed by atoms with Crippen LogP contribution in [0.5, 0.6) is 0 Å². The van der Waals surface area contributed by atoms with E-state index in [9.17, 15) is 0 Å². The van der Waals surface area contributed by atoms with Gasteiger partial charge in [0.05, 0.1) is 0 Å². The molecule has 146 heavy (non-hydrogen) atoms. The summed E-state index contributed by atoms with van der Waals surface area (Å²) in [7, 11) is 0. The molecular formula is C126H78Ir2N18-10. The summed E-state index contributed by atoms with van der Waals surface area (Å²) in [5.74, 6) is 6.32. The van der Waals surface area contributed by atoms with Gasteiger partial charge >= 0.3 is 0 Å². The van der Waals surface area contributed by atoms with Crippen molar-refractivity contribution in [1.29, 1.82) is 0 Å². The van der Waals surface area contributed by atoms with Crippen LogP contribution in [-0.4, -0.2) is 49.8 Å². The molecule has 4 aliphatic heterocycles. The van der Waals surface area contributed by atoms with Gasteiger partial charge in [0.25, 0.3) is 0 Å². The molecule has 0 spiro atoms. The smallest absolute Gasteiger partial charge is 0.145 e. The SMILES string of the molecule is [Ir].[Ir].[c-]1cc(-c2ccccc2-c2cc(-c3ccccc3-c3c[c-]c(N4[CH-]N(c5ccccc5)c5nccnc54)cc3)cc(-c3ccccc3-c3c[c-]c(N4[CH-]N(c5ccccc5)c5nccnc54)cc3)c2)c[c-]c1-c1ncc(-c2ccccc2-c2cc(-c3ccccc3-c3c[c-]c(N4[CH-]N(c5ccccc5)c5nccnc54)cc3)cc(-c3ccccc3-c3c[c-]c(N4[CH-]N(c5ccccc5)c5nccnc54)cc3)c2)cn1. The van der Waals surface area contributed by atoms with E-state index in [4.69, 9.17) is 49.8 Å². The Morgan fingerprint density at radius 3 is 0.562 bits per heavy atom. The van der Waals surface area contributed by atoms with Crippen LogP contribution in [0.4, 0.5) is 92.0 Å². The van der Waals surface area contributed by atoms with Crippen molar-refractivity contribution in [3.63, 3.8) is 0 Å². The van der Waals surface area contributed by atoms with Crippen molar-refractivity contribution in [1.82, 2.24) is 49.8 Å². The first-order chi connectivity index (χ1) is 71.4. The minimum Gasteiger partial charge on any atom is -0.477 e. The maximum Gasteiger partial charge on any atom is 0.145 e. The number of para-hydroxylation sites is 4. The Labute approximate surface area is 872 Å². The van der Waals surface area contributed by atoms with Crippen molar-refractivity contribution in [2.75, 3.05) is 39.2 Å². The zero-order chi connectivity index (χ0) is 95.3. The van der Waals surface area contributed by atoms with E-state index in [1.54, 1.807) is 49.6 Å². The van der Waals surface area contributed by atoms with Crippen molar-refractivity contribution < 1.29 is 40.2 Å². The molecule has 18 nitrogen and oxygen atoms in total. The minimum atomic E-state index is 0. The molecule has 0 amide bonds. The van der Waals surface area contributed by atoms with E-state index in [1.165, 1.54) is 0 Å². The average molecular weight is 2230 g/mol. The fourth-order valence-corrected chi connectivity index (χ4v) is 19.7. The Kier molecular flexibility index (Phi) is 24.4. The first-order valence-electron chi connectivity index (χ1n) is 47.3. The quantitative estimate of drug-likeness (QED) is 0.0626. The van der Waals surface area contributed by atoms with Gasteiger partial charge in [-0.05, 0) is 163 Å². The zero-order valence-corrected chi connectivity index (χ0v) is 82.5. The van der Waals surface area contributed by atoms with Crippen molar-refractivity contribution in [2.45, 2.75) is 0 Å². The molecular weight excluding hydrogens is 2150 g/mol. The van der Waals surface area contributed by atoms with Crippen molar-refractivity contribution >= 4 is 92.0 Å². The zero-order valence-electron chi connectivity index (χ0n) is 77.7. The largest absolute Gasteiger partial charge is 0.477 e. The average Bonchev–Trinajstić information content (AvgIpc) is 0.925. The number of hydrogen-bond donors (Lipinski definition) is 0. The monoisotopic (exact) mass is 2230 g/mol. The molecule has 0 unspecified atom stereocenters. The molecule has 0 saturated carbocycles. The number of nitrogens with zero attached hydrogens (tertiary/aromatic N) is 18. The Bertz CT molecular complexity index is 7650. The van der Waals surface area contributed by atoms with Gasteiger partial charge in [0.1, 0.15) is 46.5 Å². The van der Waals surface area contributed by atoms with E-state index >= 15 is 0 Å². The minimum absolute atomic E-state index is 0. The summed E-state index contributed by atoms with van der Waals surface area (Å²) in [6.45, 7) is 8.11. The van der Waals surface area contributed by atoms with E-state index in [0.717, 1.165) is 226 Å². The standard InChI is InChI=1S/C126H78N18.2Ir/c1-5-25-98(26-6-1)137-81-141(123-119(137)127-65-69-131-123)102-57-49-86(50-58-102)107-34-14-19-39-112(107)92-73-91(74-93(75-92)113-40-20-15-35-108(113)87-51-59-103(60-52-87)142-82-138(99-27-7-2-8-28-99)120-124(142)132-70-66-128-120)111-38-18-13-33-106(111)85-45-47-90(48-46-85)118-135-79-97(80-136-118)117-44-24-23-43-116(117)96-77-94(114-41-21-16-36-109(114)88-53-61-104(62-54-88)143-83-139(100-29-9-3-10-30-100)121-125(143)133-71-67-129-121)76-95(78-96)115-42-22-17-37-110(115)89-55-63-105(64-56-89)144-84-140(101-31-11-4-12-32-101)122-126(144)134-72-68-130-122;;/h1-46,49-57,59,61,63,65-84H;;/q-10;;. The summed E-state index contributed by atoms with van der Waals surface area (Å²) in [4.78, 5) is 65.1. The van der Waals surface area contributed by atoms with Crippen LogP contribution < -0.4 is 39.2 Å². The van der Waals surface area contributed by atoms with Crippen LogP contribution in [0.3, 0.4) is 0 Å². The molecule has 700 valence electrons. The summed E-state index contributed by atoms with van der Waals surface area (Å²) in [6, 6.07) is 158. The first-order valence-corrected chi connectivity index (χ1v) is 47.3. The second kappa shape index (κ2) is 39.4. The number of anilines is 16. The van der Waals surface area contributed by atoms with Gasteiger partial charge in [-0.3, -0.25) is 12.1 Å². The maximum atomic E-state index is 5.16. The van der Waals surface area contributed by atoms with Gasteiger partial charge in [0, 0.05) is 130 Å². The number of aromatic nitrogens is 10. The van der Waals surface area contributed by atoms with E-state index < -0.39 is 0 Å². The maximum absolute atomic E-state index is 5.16. The fourth-order valence-electron chi connectivity index (χ4n) is 19.7. The molecule has 0 atom stereocenters. The van der Waals surface area contributed by atoms with Crippen LogP contribution in [0, 0.1) is 63.1 Å². The second-order valence-corrected chi connectivity index (χ2v) is 35.0. The van der Waals surface area contributed by atoms with Crippen LogP contribution in [0.1, 0.15) is 0 Å². The first kappa shape index (κ1) is 90.4. The van der Waals surface area contributed by atoms with Gasteiger partial charge in [-0.1, -0.05) is 246 Å². The van der Waals surface area contributed by atoms with Gasteiger partial charge in [-0.2, -0.15) is 78.4 Å². The molecule has 17 aromatic carbocycles. The fraction of sp³-hybridized carbons (Fsp3) is 0. The molecule has 2 radical (unpaired) electrons. The Balaban J connectivity index is 0.00000571. The summed E-state index contributed by atoms with van der Waals surface area (Å²) < 4.78 is 0. The molecule has 4 aliphatic rings. The van der Waals surface area contributed by atoms with Crippen LogP contribution >= 0.6 is 0 Å². The van der Waals surface area contributed by atoms with Crippen molar-refractivity contribution in [3.8, 4) is 145 Å². The third kappa shape index (κ3) is 17.0. The Hall–Kier alpha value is -18.2. The number of benzene rings is 17. The van der Waals surface area contributed by atoms with Gasteiger partial charge in [0.2, 0.25) is 0 Å². The predicted octanol–water partition coefficient (Wildman–Crippen LogP) is 29.7. The van der Waals surface area contributed by atoms with Crippen LogP contribution in [0.2, 0.25) is 0 Å². The van der Waals surface area contributed by atoms with Crippen molar-refractivity contribution in [3.05, 3.63) is 513 Å². The topological polar surface area (TPSA) is 155 Å². The third-order valence-electron chi connectivity index (χ3n) is 26.5. The third-order valence-corrected chi connectivity index (χ3v) is 26.5. The molecule has 26 rings (SSSR count). The summed E-state index contributed by atoms with van der Waals surface area (Å²) in [5.41, 5.74) is 32.1. The molecule has 0 bridgehead atoms. The molecule has 9 heterocycles. The molecule has 0 aliphatic carbocycles. The van der Waals surface area contributed by atoms with E-state index in [2.05, 4.69) is 359 Å². The van der Waals surface area contributed by atoms with Crippen LogP contribution in [0.25, 0.3) is 145 Å². The van der Waals surface area contributed by atoms with Crippen LogP contribution in [-0.2, 0) is 40.2 Å². The number of fused-ring (bicyclic) bond motifs is 4. The molecule has 0 N–H and O–H groups in total. The normalized spacial score (nSPS) is 12.7. The summed E-state index contributed by atoms with van der Waals surface area (Å²) >= 11 is 0. The van der Waals surface area contributed by atoms with Crippen molar-refractivity contribution in [2.24, 2.45) is 0 Å². The summed E-state index contributed by atoms with van der Waals surface area (Å²) in [5, 5.41) is 0. The summed E-state index contributed by atoms with van der Waals surface area (Å²) in [6.07, 6.45) is 17.7. The molecule has 20 heteroatoms. The number of rotatable bonds is 21. The van der Waals surface area contributed by atoms with Crippen LogP contribution in [0.15, 0.2) is 450 Å². The van der Waals surface area contributed by atoms with Gasteiger partial charge < -0.3 is 49.2 Å². The van der Waals surface area contributed by atoms with Gasteiger partial charge in [-0.15, -0.1) is 95.9 Å².